The molecule has 0 radical (unpaired) electrons. The smallest absolute Gasteiger partial charge is 0.238 e. The first-order valence-electron chi connectivity index (χ1n) is 6.93. The lowest BCUT2D eigenvalue weighted by atomic mass is 10.1. The quantitative estimate of drug-likeness (QED) is 0.803. The second kappa shape index (κ2) is 7.60. The molecule has 0 spiro atoms. The molecule has 1 rings (SSSR count). The molecule has 1 aromatic carbocycles. The van der Waals surface area contributed by atoms with Crippen LogP contribution in [0.5, 0.6) is 5.75 Å². The number of nitrogens with one attached hydrogen (secondary N) is 1. The van der Waals surface area contributed by atoms with Gasteiger partial charge in [0.25, 0.3) is 0 Å². The van der Waals surface area contributed by atoms with E-state index in [2.05, 4.69) is 5.32 Å². The average Bonchev–Trinajstić information content (AvgIpc) is 2.45. The molecule has 1 amide bonds. The summed E-state index contributed by atoms with van der Waals surface area (Å²) in [6, 6.07) is 7.51. The number of carbonyl (C=O) groups excluding carboxylic acids is 1. The summed E-state index contributed by atoms with van der Waals surface area (Å²) < 4.78 is 27.9. The van der Waals surface area contributed by atoms with E-state index in [-0.39, 0.29) is 6.04 Å². The van der Waals surface area contributed by atoms with Crippen molar-refractivity contribution in [2.75, 3.05) is 34.0 Å². The topological polar surface area (TPSA) is 75.7 Å². The van der Waals surface area contributed by atoms with Gasteiger partial charge in [0.1, 0.15) is 11.0 Å². The summed E-state index contributed by atoms with van der Waals surface area (Å²) in [5.41, 5.74) is 1.01. The Bertz CT molecular complexity index is 596. The Balaban J connectivity index is 2.79. The van der Waals surface area contributed by atoms with Crippen LogP contribution in [0.1, 0.15) is 18.5 Å². The van der Waals surface area contributed by atoms with Gasteiger partial charge in [0, 0.05) is 12.8 Å². The lowest BCUT2D eigenvalue weighted by molar-refractivity contribution is -0.120. The lowest BCUT2D eigenvalue weighted by Crippen LogP contribution is -2.41. The fourth-order valence-corrected chi connectivity index (χ4v) is 2.43. The summed E-state index contributed by atoms with van der Waals surface area (Å²) in [4.78, 5) is 13.9. The summed E-state index contributed by atoms with van der Waals surface area (Å²) in [6.45, 7) is 1.72. The molecule has 7 heteroatoms. The van der Waals surface area contributed by atoms with Gasteiger partial charge in [-0.25, -0.2) is 8.42 Å². The van der Waals surface area contributed by atoms with Gasteiger partial charge in [0.15, 0.2) is 9.84 Å². The molecule has 2 atom stereocenters. The van der Waals surface area contributed by atoms with E-state index in [9.17, 15) is 13.2 Å². The number of rotatable bonds is 7. The molecule has 0 fully saturated rings. The molecule has 0 bridgehead atoms. The molecular weight excluding hydrogens is 304 g/mol. The van der Waals surface area contributed by atoms with Crippen LogP contribution in [0, 0.1) is 0 Å². The first-order valence-corrected chi connectivity index (χ1v) is 8.89. The highest BCUT2D eigenvalue weighted by Crippen LogP contribution is 2.20. The third-order valence-corrected chi connectivity index (χ3v) is 5.10. The SMILES string of the molecule is COc1ccc([C@@H](CNC(=O)[C@@H](C)S(C)(=O)=O)N(C)C)cc1. The Labute approximate surface area is 132 Å². The Hall–Kier alpha value is -1.60. The average molecular weight is 328 g/mol. The summed E-state index contributed by atoms with van der Waals surface area (Å²) in [5, 5.41) is 1.66. The molecule has 0 aliphatic heterocycles. The summed E-state index contributed by atoms with van der Waals surface area (Å²) in [5.74, 6) is 0.277. The molecule has 22 heavy (non-hydrogen) atoms. The van der Waals surface area contributed by atoms with Gasteiger partial charge >= 0.3 is 0 Å². The van der Waals surface area contributed by atoms with Gasteiger partial charge in [-0.1, -0.05) is 12.1 Å². The maximum atomic E-state index is 11.9. The Morgan fingerprint density at radius 3 is 2.23 bits per heavy atom. The largest absolute Gasteiger partial charge is 0.497 e. The van der Waals surface area contributed by atoms with Crippen molar-refractivity contribution in [1.82, 2.24) is 10.2 Å². The van der Waals surface area contributed by atoms with E-state index in [4.69, 9.17) is 4.74 Å². The zero-order valence-electron chi connectivity index (χ0n) is 13.7. The number of hydrogen-bond donors (Lipinski definition) is 1. The predicted octanol–water partition coefficient (Wildman–Crippen LogP) is 0.847. The lowest BCUT2D eigenvalue weighted by Gasteiger charge is -2.25. The number of benzene rings is 1. The van der Waals surface area contributed by atoms with Crippen LogP contribution in [0.3, 0.4) is 0 Å². The van der Waals surface area contributed by atoms with Gasteiger partial charge in [-0.15, -0.1) is 0 Å². The number of nitrogens with zero attached hydrogens (tertiary/aromatic N) is 1. The number of likely N-dealkylation sites (N-methyl/N-ethyl adjacent to an activating group) is 1. The minimum atomic E-state index is -3.39. The minimum absolute atomic E-state index is 0.0541. The van der Waals surface area contributed by atoms with Crippen molar-refractivity contribution in [1.29, 1.82) is 0 Å². The zero-order chi connectivity index (χ0) is 16.9. The summed E-state index contributed by atoms with van der Waals surface area (Å²) in [6.07, 6.45) is 1.06. The molecular formula is C15H24N2O4S. The standard InChI is InChI=1S/C15H24N2O4S/c1-11(22(5,19)20)15(18)16-10-14(17(2)3)12-6-8-13(21-4)9-7-12/h6-9,11,14H,10H2,1-5H3,(H,16,18)/t11-,14-/m1/s1. The van der Waals surface area contributed by atoms with Crippen molar-refractivity contribution in [2.45, 2.75) is 18.2 Å². The molecule has 0 aliphatic rings. The minimum Gasteiger partial charge on any atom is -0.497 e. The summed E-state index contributed by atoms with van der Waals surface area (Å²) >= 11 is 0. The molecule has 0 saturated heterocycles. The van der Waals surface area contributed by atoms with Crippen molar-refractivity contribution in [2.24, 2.45) is 0 Å². The maximum absolute atomic E-state index is 11.9. The molecule has 0 saturated carbocycles. The number of amides is 1. The number of sulfone groups is 1. The molecule has 0 unspecified atom stereocenters. The van der Waals surface area contributed by atoms with Gasteiger partial charge in [0.05, 0.1) is 13.2 Å². The van der Waals surface area contributed by atoms with Crippen molar-refractivity contribution in [3.8, 4) is 5.75 Å². The second-order valence-electron chi connectivity index (χ2n) is 5.47. The zero-order valence-corrected chi connectivity index (χ0v) is 14.5. The van der Waals surface area contributed by atoms with Gasteiger partial charge in [-0.2, -0.15) is 0 Å². The Morgan fingerprint density at radius 2 is 1.82 bits per heavy atom. The van der Waals surface area contributed by atoms with Gasteiger partial charge in [-0.05, 0) is 38.7 Å². The molecule has 0 aromatic heterocycles. The second-order valence-corrected chi connectivity index (χ2v) is 7.84. The first-order chi connectivity index (χ1) is 10.2. The maximum Gasteiger partial charge on any atom is 0.238 e. The van der Waals surface area contributed by atoms with Crippen LogP contribution in [0.2, 0.25) is 0 Å². The van der Waals surface area contributed by atoms with Crippen molar-refractivity contribution < 1.29 is 17.9 Å². The van der Waals surface area contributed by atoms with Crippen LogP contribution in [0.15, 0.2) is 24.3 Å². The van der Waals surface area contributed by atoms with Crippen molar-refractivity contribution >= 4 is 15.7 Å². The number of hydrogen-bond acceptors (Lipinski definition) is 5. The van der Waals surface area contributed by atoms with E-state index in [1.165, 1.54) is 6.92 Å². The molecule has 0 aliphatic carbocycles. The van der Waals surface area contributed by atoms with Gasteiger partial charge in [0.2, 0.25) is 5.91 Å². The van der Waals surface area contributed by atoms with E-state index < -0.39 is 21.0 Å². The normalized spacial score (nSPS) is 14.5. The van der Waals surface area contributed by atoms with Crippen LogP contribution < -0.4 is 10.1 Å². The fourth-order valence-electron chi connectivity index (χ4n) is 1.96. The molecule has 6 nitrogen and oxygen atoms in total. The van der Waals surface area contributed by atoms with Crippen molar-refractivity contribution in [3.05, 3.63) is 29.8 Å². The third kappa shape index (κ3) is 4.99. The summed E-state index contributed by atoms with van der Waals surface area (Å²) in [7, 11) is 2.02. The predicted molar refractivity (Wildman–Crippen MR) is 86.7 cm³/mol. The molecule has 1 aromatic rings. The molecule has 1 N–H and O–H groups in total. The van der Waals surface area contributed by atoms with Crippen LogP contribution in [0.25, 0.3) is 0 Å². The Kier molecular flexibility index (Phi) is 6.37. The van der Waals surface area contributed by atoms with E-state index in [0.29, 0.717) is 6.54 Å². The highest BCUT2D eigenvalue weighted by atomic mass is 32.2. The van der Waals surface area contributed by atoms with Gasteiger partial charge < -0.3 is 15.0 Å². The van der Waals surface area contributed by atoms with E-state index in [0.717, 1.165) is 17.6 Å². The third-order valence-electron chi connectivity index (χ3n) is 3.61. The van der Waals surface area contributed by atoms with E-state index in [1.807, 2.05) is 43.3 Å². The molecule has 124 valence electrons. The highest BCUT2D eigenvalue weighted by Gasteiger charge is 2.24. The van der Waals surface area contributed by atoms with Crippen LogP contribution in [-0.4, -0.2) is 58.5 Å². The first kappa shape index (κ1) is 18.4. The van der Waals surface area contributed by atoms with Crippen LogP contribution in [0.4, 0.5) is 0 Å². The molecule has 0 heterocycles. The van der Waals surface area contributed by atoms with Gasteiger partial charge in [-0.3, -0.25) is 4.79 Å². The Morgan fingerprint density at radius 1 is 1.27 bits per heavy atom. The monoisotopic (exact) mass is 328 g/mol. The van der Waals surface area contributed by atoms with Crippen molar-refractivity contribution in [3.63, 3.8) is 0 Å². The van der Waals surface area contributed by atoms with E-state index in [1.54, 1.807) is 7.11 Å². The fraction of sp³-hybridized carbons (Fsp3) is 0.533. The number of ether oxygens (including phenoxy) is 1. The highest BCUT2D eigenvalue weighted by molar-refractivity contribution is 7.92. The number of carbonyl (C=O) groups is 1. The van der Waals surface area contributed by atoms with Crippen LogP contribution >= 0.6 is 0 Å². The van der Waals surface area contributed by atoms with E-state index >= 15 is 0 Å². The van der Waals surface area contributed by atoms with Crippen LogP contribution in [-0.2, 0) is 14.6 Å². The number of methoxy groups -OCH3 is 1.